The molecule has 0 fully saturated rings. The molecule has 0 saturated carbocycles. The summed E-state index contributed by atoms with van der Waals surface area (Å²) in [6.07, 6.45) is 3.01. The van der Waals surface area contributed by atoms with E-state index in [1.165, 1.54) is 24.1 Å². The van der Waals surface area contributed by atoms with Crippen LogP contribution in [0.1, 0.15) is 38.8 Å². The Morgan fingerprint density at radius 3 is 2.56 bits per heavy atom. The molecule has 0 unspecified atom stereocenters. The molecule has 0 spiro atoms. The fourth-order valence-corrected chi connectivity index (χ4v) is 4.92. The van der Waals surface area contributed by atoms with Crippen LogP contribution in [0, 0.1) is 12.7 Å². The van der Waals surface area contributed by atoms with E-state index in [1.807, 2.05) is 0 Å². The fraction of sp³-hybridized carbons (Fsp3) is 0.250. The maximum atomic E-state index is 13.3. The third-order valence-corrected chi connectivity index (χ3v) is 7.30. The zero-order valence-corrected chi connectivity index (χ0v) is 20.5. The predicted molar refractivity (Wildman–Crippen MR) is 128 cm³/mol. The largest absolute Gasteiger partial charge is 0.505 e. The van der Waals surface area contributed by atoms with Gasteiger partial charge in [0.05, 0.1) is 24.1 Å². The number of aromatic hydroxyl groups is 1. The van der Waals surface area contributed by atoms with E-state index in [2.05, 4.69) is 15.2 Å². The minimum Gasteiger partial charge on any atom is -0.505 e. The molecule has 10 nitrogen and oxygen atoms in total. The Kier molecular flexibility index (Phi) is 5.62. The number of anilines is 1. The topological polar surface area (TPSA) is 130 Å². The number of amides is 1. The van der Waals surface area contributed by atoms with E-state index in [9.17, 15) is 22.7 Å². The second-order valence-corrected chi connectivity index (χ2v) is 10.7. The molecule has 0 saturated heterocycles. The first kappa shape index (κ1) is 23.7. The van der Waals surface area contributed by atoms with Gasteiger partial charge in [0.25, 0.3) is 5.91 Å². The summed E-state index contributed by atoms with van der Waals surface area (Å²) in [4.78, 5) is 19.1. The van der Waals surface area contributed by atoms with E-state index in [4.69, 9.17) is 4.42 Å². The Balaban J connectivity index is 1.66. The second kappa shape index (κ2) is 8.55. The van der Waals surface area contributed by atoms with E-state index in [1.54, 1.807) is 31.3 Å². The zero-order valence-electron chi connectivity index (χ0n) is 19.7. The Hall–Kier alpha value is -4.06. The lowest BCUT2D eigenvalue weighted by molar-refractivity contribution is 0.0749. The Bertz CT molecular complexity index is 1620. The number of aryl methyl sites for hydroxylation is 1. The van der Waals surface area contributed by atoms with Crippen molar-refractivity contribution in [3.05, 3.63) is 76.4 Å². The summed E-state index contributed by atoms with van der Waals surface area (Å²) in [7, 11) is -2.35. The summed E-state index contributed by atoms with van der Waals surface area (Å²) in [5, 5.41) is 19.1. The molecular formula is C24H22FN5O5S. The quantitative estimate of drug-likeness (QED) is 0.418. The molecule has 5 rings (SSSR count). The van der Waals surface area contributed by atoms with Gasteiger partial charge in [-0.3, -0.25) is 14.1 Å². The highest BCUT2D eigenvalue weighted by molar-refractivity contribution is 7.92. The molecule has 0 radical (unpaired) electrons. The number of phenols is 1. The summed E-state index contributed by atoms with van der Waals surface area (Å²) in [5.74, 6) is -0.611. The van der Waals surface area contributed by atoms with Crippen LogP contribution in [0.2, 0.25) is 0 Å². The van der Waals surface area contributed by atoms with Gasteiger partial charge in [0.2, 0.25) is 21.8 Å². The van der Waals surface area contributed by atoms with Gasteiger partial charge in [0.1, 0.15) is 11.3 Å². The maximum absolute atomic E-state index is 13.3. The molecule has 12 heteroatoms. The summed E-state index contributed by atoms with van der Waals surface area (Å²) >= 11 is 0. The normalized spacial score (nSPS) is 13.4. The van der Waals surface area contributed by atoms with Crippen LogP contribution in [0.3, 0.4) is 0 Å². The van der Waals surface area contributed by atoms with Gasteiger partial charge < -0.3 is 14.4 Å². The summed E-state index contributed by atoms with van der Waals surface area (Å²) in [6.45, 7) is 1.65. The van der Waals surface area contributed by atoms with Crippen molar-refractivity contribution in [1.82, 2.24) is 20.1 Å². The molecule has 0 atom stereocenters. The molecule has 186 valence electrons. The molecule has 4 aromatic rings. The number of fused-ring (bicyclic) bond motifs is 2. The van der Waals surface area contributed by atoms with Crippen LogP contribution >= 0.6 is 0 Å². The van der Waals surface area contributed by atoms with Gasteiger partial charge in [-0.15, -0.1) is 10.2 Å². The van der Waals surface area contributed by atoms with Crippen LogP contribution < -0.4 is 4.31 Å². The number of nitrogens with zero attached hydrogens (tertiary/aromatic N) is 5. The van der Waals surface area contributed by atoms with Crippen molar-refractivity contribution < 1.29 is 27.1 Å². The molecule has 36 heavy (non-hydrogen) atoms. The lowest BCUT2D eigenvalue weighted by Gasteiger charge is -2.23. The van der Waals surface area contributed by atoms with Crippen molar-refractivity contribution in [2.45, 2.75) is 26.4 Å². The number of pyridine rings is 1. The minimum atomic E-state index is -3.74. The Morgan fingerprint density at radius 2 is 1.92 bits per heavy atom. The molecule has 1 N–H and O–H groups in total. The van der Waals surface area contributed by atoms with Gasteiger partial charge in [0, 0.05) is 37.7 Å². The number of benzene rings is 2. The van der Waals surface area contributed by atoms with Gasteiger partial charge in [-0.05, 0) is 35.7 Å². The van der Waals surface area contributed by atoms with Crippen molar-refractivity contribution in [2.24, 2.45) is 0 Å². The van der Waals surface area contributed by atoms with Gasteiger partial charge >= 0.3 is 0 Å². The first-order chi connectivity index (χ1) is 17.0. The molecule has 0 bridgehead atoms. The SMILES string of the molecule is Cc1nnc(CN2Cc3c(c(O)c4ncc(Cc5ccc(F)cc5)cc4c3N(C)S(C)(=O)=O)C2=O)o1. The first-order valence-corrected chi connectivity index (χ1v) is 12.8. The van der Waals surface area contributed by atoms with Gasteiger partial charge in [-0.25, -0.2) is 12.8 Å². The van der Waals surface area contributed by atoms with E-state index >= 15 is 0 Å². The lowest BCUT2D eigenvalue weighted by Crippen LogP contribution is -2.26. The number of halogens is 1. The zero-order chi connectivity index (χ0) is 25.8. The molecule has 2 aromatic heterocycles. The summed E-state index contributed by atoms with van der Waals surface area (Å²) in [6, 6.07) is 7.75. The minimum absolute atomic E-state index is 0.00455. The number of aromatic nitrogens is 3. The molecule has 3 heterocycles. The first-order valence-electron chi connectivity index (χ1n) is 11.0. The summed E-state index contributed by atoms with van der Waals surface area (Å²) < 4.78 is 45.0. The van der Waals surface area contributed by atoms with Crippen molar-refractivity contribution >= 4 is 32.5 Å². The van der Waals surface area contributed by atoms with E-state index in [-0.39, 0.29) is 47.3 Å². The highest BCUT2D eigenvalue weighted by Gasteiger charge is 2.37. The molecular weight excluding hydrogens is 489 g/mol. The highest BCUT2D eigenvalue weighted by atomic mass is 32.2. The van der Waals surface area contributed by atoms with Crippen molar-refractivity contribution in [1.29, 1.82) is 0 Å². The number of sulfonamides is 1. The standard InChI is InChI=1S/C24H22FN5O5S/c1-13-27-28-19(35-13)12-30-11-18-20(24(30)32)23(31)21-17(22(18)29(2)36(3,33)34)9-15(10-26-21)8-14-4-6-16(25)7-5-14/h4-7,9-10,31H,8,11-12H2,1-3H3. The Labute approximate surface area is 206 Å². The van der Waals surface area contributed by atoms with Crippen molar-refractivity contribution in [3.8, 4) is 5.75 Å². The molecule has 1 aliphatic rings. The smallest absolute Gasteiger partial charge is 0.258 e. The third-order valence-electron chi connectivity index (χ3n) is 6.13. The molecule has 1 aliphatic heterocycles. The van der Waals surface area contributed by atoms with Crippen LogP contribution in [-0.2, 0) is 29.5 Å². The molecule has 1 amide bonds. The maximum Gasteiger partial charge on any atom is 0.258 e. The average Bonchev–Trinajstić information content (AvgIpc) is 3.37. The number of carbonyl (C=O) groups is 1. The van der Waals surface area contributed by atoms with Crippen LogP contribution in [0.4, 0.5) is 10.1 Å². The number of hydrogen-bond donors (Lipinski definition) is 1. The lowest BCUT2D eigenvalue weighted by atomic mass is 9.98. The molecule has 0 aliphatic carbocycles. The third kappa shape index (κ3) is 4.13. The van der Waals surface area contributed by atoms with E-state index in [0.29, 0.717) is 23.3 Å². The van der Waals surface area contributed by atoms with Gasteiger partial charge in [0.15, 0.2) is 5.75 Å². The molecule has 2 aromatic carbocycles. The van der Waals surface area contributed by atoms with Crippen LogP contribution in [0.15, 0.2) is 40.9 Å². The Morgan fingerprint density at radius 1 is 1.19 bits per heavy atom. The van der Waals surface area contributed by atoms with Crippen molar-refractivity contribution in [2.75, 3.05) is 17.6 Å². The highest BCUT2D eigenvalue weighted by Crippen LogP contribution is 2.44. The van der Waals surface area contributed by atoms with E-state index in [0.717, 1.165) is 21.7 Å². The van der Waals surface area contributed by atoms with E-state index < -0.39 is 15.9 Å². The predicted octanol–water partition coefficient (Wildman–Crippen LogP) is 2.91. The number of rotatable bonds is 6. The summed E-state index contributed by atoms with van der Waals surface area (Å²) in [5.41, 5.74) is 2.26. The van der Waals surface area contributed by atoms with Gasteiger partial charge in [-0.1, -0.05) is 12.1 Å². The van der Waals surface area contributed by atoms with Crippen LogP contribution in [-0.4, -0.2) is 52.8 Å². The monoisotopic (exact) mass is 511 g/mol. The second-order valence-electron chi connectivity index (χ2n) is 8.70. The fourth-order valence-electron chi connectivity index (χ4n) is 4.38. The number of carbonyl (C=O) groups excluding carboxylic acids is 1. The van der Waals surface area contributed by atoms with Crippen LogP contribution in [0.25, 0.3) is 10.9 Å². The average molecular weight is 512 g/mol. The number of hydrogen-bond acceptors (Lipinski definition) is 8. The number of phenolic OH excluding ortho intramolecular Hbond substituents is 1. The van der Waals surface area contributed by atoms with Gasteiger partial charge in [-0.2, -0.15) is 0 Å². The van der Waals surface area contributed by atoms with Crippen molar-refractivity contribution in [3.63, 3.8) is 0 Å². The van der Waals surface area contributed by atoms with Crippen LogP contribution in [0.5, 0.6) is 5.75 Å².